The number of rotatable bonds is 11. The maximum atomic E-state index is 12.4. The lowest BCUT2D eigenvalue weighted by molar-refractivity contribution is -0.126. The summed E-state index contributed by atoms with van der Waals surface area (Å²) >= 11 is 0. The van der Waals surface area contributed by atoms with Crippen LogP contribution in [0, 0.1) is 0 Å². The number of hydrogen-bond donors (Lipinski definition) is 1. The third kappa shape index (κ3) is 7.47. The molecule has 1 amide bonds. The van der Waals surface area contributed by atoms with Crippen LogP contribution in [0.25, 0.3) is 0 Å². The maximum absolute atomic E-state index is 12.4. The van der Waals surface area contributed by atoms with Crippen molar-refractivity contribution in [2.24, 2.45) is 5.16 Å². The number of methoxy groups -OCH3 is 1. The quantitative estimate of drug-likeness (QED) is 0.306. The third-order valence-electron chi connectivity index (χ3n) is 4.56. The van der Waals surface area contributed by atoms with Gasteiger partial charge in [0.25, 0.3) is 5.91 Å². The molecule has 0 aliphatic carbocycles. The highest BCUT2D eigenvalue weighted by atomic mass is 19.3. The van der Waals surface area contributed by atoms with E-state index in [4.69, 9.17) is 14.3 Å². The number of carbonyl (C=O) groups excluding carboxylic acids is 1. The molecule has 0 aromatic heterocycles. The van der Waals surface area contributed by atoms with Gasteiger partial charge in [-0.05, 0) is 55.0 Å². The largest absolute Gasteiger partial charge is 0.493 e. The summed E-state index contributed by atoms with van der Waals surface area (Å²) in [6.07, 6.45) is 0.450. The molecule has 1 N–H and O–H groups in total. The zero-order valence-corrected chi connectivity index (χ0v) is 18.6. The van der Waals surface area contributed by atoms with Crippen LogP contribution in [0.15, 0.2) is 78.0 Å². The fourth-order valence-electron chi connectivity index (χ4n) is 2.81. The van der Waals surface area contributed by atoms with Crippen LogP contribution in [0.3, 0.4) is 0 Å². The molecule has 0 aliphatic rings. The smallest absolute Gasteiger partial charge is 0.387 e. The Bertz CT molecular complexity index is 1090. The van der Waals surface area contributed by atoms with E-state index in [9.17, 15) is 13.6 Å². The molecule has 0 spiro atoms. The van der Waals surface area contributed by atoms with Gasteiger partial charge in [0.15, 0.2) is 11.5 Å². The normalized spacial score (nSPS) is 11.8. The van der Waals surface area contributed by atoms with Crippen LogP contribution in [0.1, 0.15) is 18.1 Å². The number of ether oxygens (including phenoxy) is 3. The topological polar surface area (TPSA) is 78.4 Å². The summed E-state index contributed by atoms with van der Waals surface area (Å²) in [4.78, 5) is 17.5. The number of nitrogens with one attached hydrogen (secondary N) is 1. The minimum absolute atomic E-state index is 0.0974. The van der Waals surface area contributed by atoms with Gasteiger partial charge in [0, 0.05) is 11.3 Å². The summed E-state index contributed by atoms with van der Waals surface area (Å²) in [6, 6.07) is 21.1. The van der Waals surface area contributed by atoms with Crippen LogP contribution in [0.5, 0.6) is 17.2 Å². The number of nitrogens with zero attached hydrogens (tertiary/aromatic N) is 1. The number of benzene rings is 3. The summed E-state index contributed by atoms with van der Waals surface area (Å²) < 4.78 is 39.9. The Kier molecular flexibility index (Phi) is 8.79. The predicted molar refractivity (Wildman–Crippen MR) is 124 cm³/mol. The number of hydrogen-bond acceptors (Lipinski definition) is 6. The average Bonchev–Trinajstić information content (AvgIpc) is 2.84. The number of halogens is 2. The Hall–Kier alpha value is -4.14. The van der Waals surface area contributed by atoms with Crippen molar-refractivity contribution in [2.45, 2.75) is 26.2 Å². The van der Waals surface area contributed by atoms with Crippen LogP contribution in [-0.4, -0.2) is 31.9 Å². The van der Waals surface area contributed by atoms with E-state index >= 15 is 0 Å². The lowest BCUT2D eigenvalue weighted by Gasteiger charge is -2.12. The maximum Gasteiger partial charge on any atom is 0.387 e. The second-order valence-corrected chi connectivity index (χ2v) is 7.06. The van der Waals surface area contributed by atoms with E-state index in [1.807, 2.05) is 30.3 Å². The molecular formula is C25H24F2N2O5. The molecule has 34 heavy (non-hydrogen) atoms. The van der Waals surface area contributed by atoms with E-state index < -0.39 is 18.6 Å². The lowest BCUT2D eigenvalue weighted by atomic mass is 10.2. The van der Waals surface area contributed by atoms with Crippen LogP contribution in [-0.2, 0) is 16.2 Å². The van der Waals surface area contributed by atoms with Crippen molar-refractivity contribution in [1.82, 2.24) is 0 Å². The Labute approximate surface area is 195 Å². The van der Waals surface area contributed by atoms with Gasteiger partial charge in [-0.2, -0.15) is 8.78 Å². The van der Waals surface area contributed by atoms with Crippen molar-refractivity contribution in [3.8, 4) is 17.2 Å². The first-order chi connectivity index (χ1) is 16.4. The molecule has 1 unspecified atom stereocenters. The molecule has 0 fully saturated rings. The van der Waals surface area contributed by atoms with Gasteiger partial charge < -0.3 is 24.4 Å². The van der Waals surface area contributed by atoms with E-state index in [0.29, 0.717) is 23.6 Å². The van der Waals surface area contributed by atoms with Gasteiger partial charge in [-0.15, -0.1) is 0 Å². The second kappa shape index (κ2) is 12.2. The fraction of sp³-hybridized carbons (Fsp3) is 0.200. The molecule has 0 saturated carbocycles. The van der Waals surface area contributed by atoms with Gasteiger partial charge >= 0.3 is 6.61 Å². The Morgan fingerprint density at radius 3 is 2.44 bits per heavy atom. The summed E-state index contributed by atoms with van der Waals surface area (Å²) in [7, 11) is 1.33. The summed E-state index contributed by atoms with van der Waals surface area (Å²) in [5.74, 6) is 0.301. The van der Waals surface area contributed by atoms with Crippen molar-refractivity contribution in [3.05, 3.63) is 83.9 Å². The monoisotopic (exact) mass is 470 g/mol. The first-order valence-corrected chi connectivity index (χ1v) is 10.3. The zero-order valence-electron chi connectivity index (χ0n) is 18.6. The van der Waals surface area contributed by atoms with Crippen molar-refractivity contribution in [2.75, 3.05) is 12.4 Å². The SMILES string of the molecule is COc1cc(/C=N/OC(C)C(=O)Nc2ccc(OCc3ccccc3)cc2)ccc1OC(F)F. The second-order valence-electron chi connectivity index (χ2n) is 7.06. The first-order valence-electron chi connectivity index (χ1n) is 10.3. The molecule has 9 heteroatoms. The lowest BCUT2D eigenvalue weighted by Crippen LogP contribution is -2.26. The molecular weight excluding hydrogens is 446 g/mol. The van der Waals surface area contributed by atoms with Gasteiger partial charge in [-0.25, -0.2) is 0 Å². The molecule has 3 aromatic rings. The average molecular weight is 470 g/mol. The van der Waals surface area contributed by atoms with Crippen molar-refractivity contribution >= 4 is 17.8 Å². The molecule has 1 atom stereocenters. The molecule has 178 valence electrons. The molecule has 7 nitrogen and oxygen atoms in total. The van der Waals surface area contributed by atoms with Gasteiger partial charge in [0.05, 0.1) is 13.3 Å². The van der Waals surface area contributed by atoms with E-state index in [0.717, 1.165) is 5.56 Å². The zero-order chi connectivity index (χ0) is 24.3. The highest BCUT2D eigenvalue weighted by Crippen LogP contribution is 2.29. The fourth-order valence-corrected chi connectivity index (χ4v) is 2.81. The van der Waals surface area contributed by atoms with Crippen LogP contribution in [0.2, 0.25) is 0 Å². The summed E-state index contributed by atoms with van der Waals surface area (Å²) in [5.41, 5.74) is 2.15. The molecule has 0 bridgehead atoms. The predicted octanol–water partition coefficient (Wildman–Crippen LogP) is 5.25. The molecule has 3 rings (SSSR count). The van der Waals surface area contributed by atoms with Gasteiger partial charge in [0.1, 0.15) is 12.4 Å². The third-order valence-corrected chi connectivity index (χ3v) is 4.56. The highest BCUT2D eigenvalue weighted by Gasteiger charge is 2.15. The minimum Gasteiger partial charge on any atom is -0.493 e. The number of alkyl halides is 2. The Morgan fingerprint density at radius 1 is 1.03 bits per heavy atom. The number of oxime groups is 1. The minimum atomic E-state index is -2.96. The van der Waals surface area contributed by atoms with Gasteiger partial charge in [0.2, 0.25) is 6.10 Å². The number of amides is 1. The molecule has 0 saturated heterocycles. The Balaban J connectivity index is 1.48. The Morgan fingerprint density at radius 2 is 1.76 bits per heavy atom. The van der Waals surface area contributed by atoms with Crippen molar-refractivity contribution < 1.29 is 32.6 Å². The molecule has 0 heterocycles. The van der Waals surface area contributed by atoms with Crippen LogP contribution in [0.4, 0.5) is 14.5 Å². The van der Waals surface area contributed by atoms with E-state index in [1.54, 1.807) is 31.2 Å². The van der Waals surface area contributed by atoms with E-state index in [2.05, 4.69) is 15.2 Å². The summed E-state index contributed by atoms with van der Waals surface area (Å²) in [6.45, 7) is -0.970. The van der Waals surface area contributed by atoms with Crippen LogP contribution < -0.4 is 19.5 Å². The number of anilines is 1. The van der Waals surface area contributed by atoms with Gasteiger partial charge in [-0.1, -0.05) is 35.5 Å². The highest BCUT2D eigenvalue weighted by molar-refractivity contribution is 5.94. The van der Waals surface area contributed by atoms with Crippen molar-refractivity contribution in [3.63, 3.8) is 0 Å². The molecule has 0 radical (unpaired) electrons. The van der Waals surface area contributed by atoms with E-state index in [1.165, 1.54) is 31.5 Å². The van der Waals surface area contributed by atoms with Crippen molar-refractivity contribution in [1.29, 1.82) is 0 Å². The number of carbonyl (C=O) groups is 1. The van der Waals surface area contributed by atoms with Gasteiger partial charge in [-0.3, -0.25) is 4.79 Å². The summed E-state index contributed by atoms with van der Waals surface area (Å²) in [5, 5.41) is 6.52. The molecule has 3 aromatic carbocycles. The first kappa shape index (κ1) is 24.5. The van der Waals surface area contributed by atoms with E-state index in [-0.39, 0.29) is 11.5 Å². The molecule has 0 aliphatic heterocycles. The van der Waals surface area contributed by atoms with Crippen LogP contribution >= 0.6 is 0 Å². The standard InChI is InChI=1S/C25H24F2N2O5/c1-17(34-28-15-19-8-13-22(33-25(26)27)23(14-19)31-2)24(30)29-20-9-11-21(12-10-20)32-16-18-6-4-3-5-7-18/h3-15,17,25H,16H2,1-2H3,(H,29,30)/b28-15+.